The Hall–Kier alpha value is -3.43. The zero-order valence-corrected chi connectivity index (χ0v) is 19.1. The number of amides is 2. The summed E-state index contributed by atoms with van der Waals surface area (Å²) in [6.07, 6.45) is 8.35. The Labute approximate surface area is 199 Å². The fourth-order valence-corrected chi connectivity index (χ4v) is 5.16. The van der Waals surface area contributed by atoms with Crippen LogP contribution in [0.25, 0.3) is 11.1 Å². The molecule has 2 amide bonds. The number of rotatable bonds is 10. The van der Waals surface area contributed by atoms with Crippen molar-refractivity contribution in [3.63, 3.8) is 0 Å². The summed E-state index contributed by atoms with van der Waals surface area (Å²) < 4.78 is 11.5. The average Bonchev–Trinajstić information content (AvgIpc) is 3.56. The molecule has 34 heavy (non-hydrogen) atoms. The predicted molar refractivity (Wildman–Crippen MR) is 127 cm³/mol. The minimum atomic E-state index is -0.294. The summed E-state index contributed by atoms with van der Waals surface area (Å²) in [5.74, 6) is 0.160. The van der Waals surface area contributed by atoms with E-state index in [1.165, 1.54) is 4.90 Å². The van der Waals surface area contributed by atoms with Crippen molar-refractivity contribution in [2.45, 2.75) is 44.3 Å². The molecule has 2 bridgehead atoms. The fourth-order valence-electron chi connectivity index (χ4n) is 5.16. The molecule has 4 atom stereocenters. The second-order valence-corrected chi connectivity index (χ2v) is 9.16. The maximum Gasteiger partial charge on any atom is 0.236 e. The van der Waals surface area contributed by atoms with E-state index in [2.05, 4.69) is 6.07 Å². The van der Waals surface area contributed by atoms with E-state index in [0.717, 1.165) is 49.0 Å². The molecule has 0 unspecified atom stereocenters. The number of benzene rings is 2. The molecule has 5 rings (SSSR count). The minimum Gasteiger partial charge on any atom is -0.494 e. The summed E-state index contributed by atoms with van der Waals surface area (Å²) in [6.45, 7) is 1.19. The molecule has 0 aromatic heterocycles. The number of unbranched alkanes of at least 4 members (excludes halogenated alkanes) is 4. The lowest BCUT2D eigenvalue weighted by Crippen LogP contribution is -2.35. The number of nitrogens with zero attached hydrogens (tertiary/aromatic N) is 2. The van der Waals surface area contributed by atoms with Gasteiger partial charge in [-0.25, -0.2) is 0 Å². The number of likely N-dealkylation sites (tertiary alicyclic amines) is 1. The van der Waals surface area contributed by atoms with Crippen molar-refractivity contribution in [3.8, 4) is 22.9 Å². The Morgan fingerprint density at radius 2 is 1.35 bits per heavy atom. The van der Waals surface area contributed by atoms with Gasteiger partial charge in [0, 0.05) is 6.54 Å². The van der Waals surface area contributed by atoms with E-state index >= 15 is 0 Å². The van der Waals surface area contributed by atoms with Gasteiger partial charge in [0.2, 0.25) is 11.8 Å². The summed E-state index contributed by atoms with van der Waals surface area (Å²) in [5, 5.41) is 8.91. The Balaban J connectivity index is 0.965. The van der Waals surface area contributed by atoms with Crippen LogP contribution in [-0.4, -0.2) is 42.1 Å². The van der Waals surface area contributed by atoms with Crippen molar-refractivity contribution < 1.29 is 19.1 Å². The highest BCUT2D eigenvalue weighted by molar-refractivity contribution is 6.06. The van der Waals surface area contributed by atoms with E-state index in [0.29, 0.717) is 18.7 Å². The van der Waals surface area contributed by atoms with Crippen molar-refractivity contribution >= 4 is 11.8 Å². The first-order valence-corrected chi connectivity index (χ1v) is 12.1. The molecule has 3 heterocycles. The van der Waals surface area contributed by atoms with Crippen LogP contribution in [0.2, 0.25) is 0 Å². The highest BCUT2D eigenvalue weighted by Gasteiger charge is 2.60. The van der Waals surface area contributed by atoms with Crippen LogP contribution in [0.5, 0.6) is 5.75 Å². The summed E-state index contributed by atoms with van der Waals surface area (Å²) in [4.78, 5) is 26.7. The summed E-state index contributed by atoms with van der Waals surface area (Å²) in [7, 11) is 0. The SMILES string of the molecule is N#Cc1ccc(-c2ccc(OCCCCCCCN3C(=O)[C@@H]4[C@H](C3=O)[C@H]3C=C[C@@H]4O3)cc2)cc1. The normalized spacial score (nSPS) is 24.5. The molecule has 174 valence electrons. The molecule has 3 aliphatic rings. The Bertz CT molecular complexity index is 1090. The molecule has 0 radical (unpaired) electrons. The first-order chi connectivity index (χ1) is 16.7. The third kappa shape index (κ3) is 4.36. The summed E-state index contributed by atoms with van der Waals surface area (Å²) >= 11 is 0. The Morgan fingerprint density at radius 1 is 0.794 bits per heavy atom. The van der Waals surface area contributed by atoms with Gasteiger partial charge in [-0.05, 0) is 48.2 Å². The summed E-state index contributed by atoms with van der Waals surface area (Å²) in [6, 6.07) is 17.7. The monoisotopic (exact) mass is 456 g/mol. The lowest BCUT2D eigenvalue weighted by atomic mass is 9.85. The molecule has 3 aliphatic heterocycles. The van der Waals surface area contributed by atoms with Gasteiger partial charge in [0.05, 0.1) is 42.3 Å². The molecule has 6 nitrogen and oxygen atoms in total. The van der Waals surface area contributed by atoms with E-state index in [4.69, 9.17) is 14.7 Å². The van der Waals surface area contributed by atoms with Crippen LogP contribution in [0, 0.1) is 23.2 Å². The zero-order valence-electron chi connectivity index (χ0n) is 19.1. The van der Waals surface area contributed by atoms with Crippen LogP contribution in [0.15, 0.2) is 60.7 Å². The van der Waals surface area contributed by atoms with Crippen LogP contribution >= 0.6 is 0 Å². The molecule has 2 saturated heterocycles. The second kappa shape index (κ2) is 9.82. The van der Waals surface area contributed by atoms with E-state index in [9.17, 15) is 9.59 Å². The van der Waals surface area contributed by atoms with Gasteiger partial charge in [0.25, 0.3) is 0 Å². The van der Waals surface area contributed by atoms with Crippen LogP contribution in [0.4, 0.5) is 0 Å². The number of nitriles is 1. The van der Waals surface area contributed by atoms with E-state index in [1.807, 2.05) is 60.7 Å². The largest absolute Gasteiger partial charge is 0.494 e. The molecular formula is C28H28N2O4. The lowest BCUT2D eigenvalue weighted by Gasteiger charge is -2.17. The van der Waals surface area contributed by atoms with Crippen molar-refractivity contribution in [1.29, 1.82) is 5.26 Å². The third-order valence-electron chi connectivity index (χ3n) is 7.00. The number of ether oxygens (including phenoxy) is 2. The number of imide groups is 1. The lowest BCUT2D eigenvalue weighted by molar-refractivity contribution is -0.142. The van der Waals surface area contributed by atoms with Gasteiger partial charge >= 0.3 is 0 Å². The van der Waals surface area contributed by atoms with Gasteiger partial charge in [-0.1, -0.05) is 55.7 Å². The van der Waals surface area contributed by atoms with Gasteiger partial charge in [-0.15, -0.1) is 0 Å². The average molecular weight is 457 g/mol. The van der Waals surface area contributed by atoms with Crippen molar-refractivity contribution in [3.05, 3.63) is 66.2 Å². The topological polar surface area (TPSA) is 79.6 Å². The van der Waals surface area contributed by atoms with Crippen molar-refractivity contribution in [2.75, 3.05) is 13.2 Å². The van der Waals surface area contributed by atoms with Gasteiger partial charge < -0.3 is 9.47 Å². The minimum absolute atomic E-state index is 0.0505. The van der Waals surface area contributed by atoms with E-state index < -0.39 is 0 Å². The first kappa shape index (κ1) is 22.4. The van der Waals surface area contributed by atoms with E-state index in [1.54, 1.807) is 0 Å². The maximum absolute atomic E-state index is 12.6. The van der Waals surface area contributed by atoms with Crippen molar-refractivity contribution in [2.24, 2.45) is 11.8 Å². The molecule has 2 aromatic rings. The van der Waals surface area contributed by atoms with Gasteiger partial charge in [-0.2, -0.15) is 5.26 Å². The maximum atomic E-state index is 12.6. The van der Waals surface area contributed by atoms with Crippen LogP contribution in [-0.2, 0) is 14.3 Å². The highest BCUT2D eigenvalue weighted by Crippen LogP contribution is 2.45. The van der Waals surface area contributed by atoms with Crippen molar-refractivity contribution in [1.82, 2.24) is 4.90 Å². The molecule has 0 aliphatic carbocycles. The second-order valence-electron chi connectivity index (χ2n) is 9.16. The van der Waals surface area contributed by atoms with Gasteiger partial charge in [0.1, 0.15) is 5.75 Å². The third-order valence-corrected chi connectivity index (χ3v) is 7.00. The highest BCUT2D eigenvalue weighted by atomic mass is 16.5. The number of carbonyl (C=O) groups is 2. The number of hydrogen-bond acceptors (Lipinski definition) is 5. The Morgan fingerprint density at radius 3 is 1.97 bits per heavy atom. The smallest absolute Gasteiger partial charge is 0.236 e. The van der Waals surface area contributed by atoms with Crippen LogP contribution in [0.1, 0.15) is 37.7 Å². The number of fused-ring (bicyclic) bond motifs is 5. The van der Waals surface area contributed by atoms with Crippen LogP contribution in [0.3, 0.4) is 0 Å². The number of carbonyl (C=O) groups excluding carboxylic acids is 2. The number of hydrogen-bond donors (Lipinski definition) is 0. The Kier molecular flexibility index (Phi) is 6.46. The fraction of sp³-hybridized carbons (Fsp3) is 0.393. The van der Waals surface area contributed by atoms with E-state index in [-0.39, 0.29) is 35.9 Å². The first-order valence-electron chi connectivity index (χ1n) is 12.1. The zero-order chi connectivity index (χ0) is 23.5. The molecule has 2 fully saturated rings. The standard InChI is InChI=1S/C28H28N2O4/c29-18-19-6-8-20(9-7-19)21-10-12-22(13-11-21)33-17-5-3-1-2-4-16-30-27(31)25-23-14-15-24(34-23)26(25)28(30)32/h6-15,23-26H,1-5,16-17H2/t23-,24+,25-,26+. The summed E-state index contributed by atoms with van der Waals surface area (Å²) in [5.41, 5.74) is 2.82. The molecule has 0 spiro atoms. The molecular weight excluding hydrogens is 428 g/mol. The predicted octanol–water partition coefficient (Wildman–Crippen LogP) is 4.49. The molecule has 6 heteroatoms. The van der Waals surface area contributed by atoms with Crippen LogP contribution < -0.4 is 4.74 Å². The quantitative estimate of drug-likeness (QED) is 0.299. The molecule has 2 aromatic carbocycles. The van der Waals surface area contributed by atoms with Gasteiger partial charge in [-0.3, -0.25) is 14.5 Å². The molecule has 0 N–H and O–H groups in total. The molecule has 0 saturated carbocycles. The van der Waals surface area contributed by atoms with Gasteiger partial charge in [0.15, 0.2) is 0 Å².